The molecule has 0 aliphatic rings. The molecule has 80 valence electrons. The number of hydrogen-bond donors (Lipinski definition) is 1. The summed E-state index contributed by atoms with van der Waals surface area (Å²) in [5, 5.41) is 12.7. The fourth-order valence-corrected chi connectivity index (χ4v) is 1.83. The van der Waals surface area contributed by atoms with Crippen LogP contribution in [0.2, 0.25) is 5.02 Å². The van der Waals surface area contributed by atoms with E-state index in [1.165, 1.54) is 0 Å². The molecule has 15 heavy (non-hydrogen) atoms. The summed E-state index contributed by atoms with van der Waals surface area (Å²) in [5.41, 5.74) is 0.826. The van der Waals surface area contributed by atoms with Crippen LogP contribution in [0.4, 0.5) is 5.69 Å². The third-order valence-corrected chi connectivity index (χ3v) is 2.94. The van der Waals surface area contributed by atoms with Gasteiger partial charge in [0.05, 0.1) is 16.8 Å². The van der Waals surface area contributed by atoms with Gasteiger partial charge in [0, 0.05) is 0 Å². The number of anilines is 1. The molecule has 0 saturated heterocycles. The average molecular weight is 241 g/mol. The van der Waals surface area contributed by atoms with Crippen LogP contribution in [0, 0.1) is 11.3 Å². The van der Waals surface area contributed by atoms with Gasteiger partial charge in [-0.3, -0.25) is 0 Å². The second-order valence-electron chi connectivity index (χ2n) is 3.09. The molecular weight excluding hydrogens is 228 g/mol. The fraction of sp³-hybridized carbons (Fsp3) is 0.364. The molecule has 1 unspecified atom stereocenters. The predicted molar refractivity (Wildman–Crippen MR) is 67.5 cm³/mol. The van der Waals surface area contributed by atoms with Crippen molar-refractivity contribution in [2.24, 2.45) is 0 Å². The van der Waals surface area contributed by atoms with Crippen molar-refractivity contribution in [1.29, 1.82) is 5.26 Å². The third kappa shape index (κ3) is 4.03. The Kier molecular flexibility index (Phi) is 5.38. The van der Waals surface area contributed by atoms with Gasteiger partial charge >= 0.3 is 0 Å². The number of nitrogens with one attached hydrogen (secondary N) is 1. The van der Waals surface area contributed by atoms with Crippen LogP contribution < -0.4 is 5.32 Å². The van der Waals surface area contributed by atoms with Crippen LogP contribution in [-0.4, -0.2) is 18.1 Å². The minimum absolute atomic E-state index is 0.169. The highest BCUT2D eigenvalue weighted by Gasteiger charge is 2.07. The molecule has 0 bridgehead atoms. The molecule has 0 aliphatic carbocycles. The molecule has 1 aromatic rings. The summed E-state index contributed by atoms with van der Waals surface area (Å²) >= 11 is 7.72. The van der Waals surface area contributed by atoms with E-state index in [2.05, 4.69) is 11.4 Å². The molecule has 4 heteroatoms. The Hall–Kier alpha value is -0.850. The monoisotopic (exact) mass is 240 g/mol. The van der Waals surface area contributed by atoms with Gasteiger partial charge in [-0.1, -0.05) is 23.7 Å². The Labute approximate surface area is 99.6 Å². The van der Waals surface area contributed by atoms with E-state index in [4.69, 9.17) is 16.9 Å². The van der Waals surface area contributed by atoms with E-state index in [0.717, 1.165) is 17.9 Å². The summed E-state index contributed by atoms with van der Waals surface area (Å²) in [6.45, 7) is 0. The number of hydrogen-bond acceptors (Lipinski definition) is 3. The number of thioether (sulfide) groups is 1. The van der Waals surface area contributed by atoms with Crippen LogP contribution in [-0.2, 0) is 0 Å². The van der Waals surface area contributed by atoms with Gasteiger partial charge in [0.2, 0.25) is 0 Å². The minimum Gasteiger partial charge on any atom is -0.369 e. The van der Waals surface area contributed by atoms with Gasteiger partial charge in [-0.15, -0.1) is 0 Å². The van der Waals surface area contributed by atoms with Gasteiger partial charge in [-0.25, -0.2) is 0 Å². The minimum atomic E-state index is -0.169. The van der Waals surface area contributed by atoms with E-state index in [1.807, 2.05) is 30.5 Å². The van der Waals surface area contributed by atoms with Crippen molar-refractivity contribution in [3.63, 3.8) is 0 Å². The highest BCUT2D eigenvalue weighted by molar-refractivity contribution is 7.98. The number of benzene rings is 1. The number of nitriles is 1. The molecule has 0 saturated carbocycles. The summed E-state index contributed by atoms with van der Waals surface area (Å²) in [6.07, 6.45) is 2.85. The van der Waals surface area contributed by atoms with Gasteiger partial charge in [-0.2, -0.15) is 17.0 Å². The van der Waals surface area contributed by atoms with Crippen molar-refractivity contribution in [2.45, 2.75) is 12.5 Å². The Morgan fingerprint density at radius 3 is 2.87 bits per heavy atom. The lowest BCUT2D eigenvalue weighted by Crippen LogP contribution is -2.18. The fourth-order valence-electron chi connectivity index (χ4n) is 1.17. The Morgan fingerprint density at radius 1 is 1.53 bits per heavy atom. The summed E-state index contributed by atoms with van der Waals surface area (Å²) in [5.74, 6) is 0.968. The predicted octanol–water partition coefficient (Wildman–Crippen LogP) is 3.40. The molecule has 2 nitrogen and oxygen atoms in total. The van der Waals surface area contributed by atoms with Crippen molar-refractivity contribution in [1.82, 2.24) is 0 Å². The van der Waals surface area contributed by atoms with Crippen LogP contribution in [0.5, 0.6) is 0 Å². The Bertz CT molecular complexity index is 349. The van der Waals surface area contributed by atoms with Crippen LogP contribution in [0.15, 0.2) is 24.3 Å². The molecule has 1 N–H and O–H groups in total. The molecule has 0 aromatic heterocycles. The normalized spacial score (nSPS) is 11.8. The Balaban J connectivity index is 2.60. The zero-order valence-corrected chi connectivity index (χ0v) is 10.1. The highest BCUT2D eigenvalue weighted by atomic mass is 35.5. The van der Waals surface area contributed by atoms with E-state index in [1.54, 1.807) is 11.8 Å². The first-order valence-electron chi connectivity index (χ1n) is 4.67. The van der Waals surface area contributed by atoms with Gasteiger partial charge in [0.1, 0.15) is 6.04 Å². The van der Waals surface area contributed by atoms with E-state index >= 15 is 0 Å². The molecule has 1 rings (SSSR count). The summed E-state index contributed by atoms with van der Waals surface area (Å²) < 4.78 is 0. The molecular formula is C11H13ClN2S. The smallest absolute Gasteiger partial charge is 0.115 e. The van der Waals surface area contributed by atoms with Crippen molar-refractivity contribution in [3.05, 3.63) is 29.3 Å². The van der Waals surface area contributed by atoms with Gasteiger partial charge in [-0.05, 0) is 30.6 Å². The van der Waals surface area contributed by atoms with Crippen molar-refractivity contribution >= 4 is 29.1 Å². The average Bonchev–Trinajstić information content (AvgIpc) is 2.26. The van der Waals surface area contributed by atoms with Gasteiger partial charge in [0.25, 0.3) is 0 Å². The quantitative estimate of drug-likeness (QED) is 0.857. The second kappa shape index (κ2) is 6.60. The first kappa shape index (κ1) is 12.2. The molecule has 1 atom stereocenters. The van der Waals surface area contributed by atoms with Crippen LogP contribution in [0.3, 0.4) is 0 Å². The molecule has 0 amide bonds. The molecule has 1 aromatic carbocycles. The van der Waals surface area contributed by atoms with Crippen LogP contribution in [0.25, 0.3) is 0 Å². The molecule has 0 radical (unpaired) electrons. The maximum atomic E-state index is 8.94. The van der Waals surface area contributed by atoms with Crippen molar-refractivity contribution in [3.8, 4) is 6.07 Å². The van der Waals surface area contributed by atoms with E-state index in [-0.39, 0.29) is 6.04 Å². The lowest BCUT2D eigenvalue weighted by molar-refractivity contribution is 0.855. The molecule has 0 heterocycles. The maximum Gasteiger partial charge on any atom is 0.115 e. The van der Waals surface area contributed by atoms with Crippen LogP contribution >= 0.6 is 23.4 Å². The summed E-state index contributed by atoms with van der Waals surface area (Å²) in [4.78, 5) is 0. The Morgan fingerprint density at radius 2 is 2.27 bits per heavy atom. The lowest BCUT2D eigenvalue weighted by atomic mass is 10.2. The first-order chi connectivity index (χ1) is 7.27. The SMILES string of the molecule is CSCCC(C#N)Nc1ccccc1Cl. The number of para-hydroxylation sites is 1. The first-order valence-corrected chi connectivity index (χ1v) is 6.44. The molecule has 0 aliphatic heterocycles. The number of halogens is 1. The molecule has 0 fully saturated rings. The lowest BCUT2D eigenvalue weighted by Gasteiger charge is -2.13. The van der Waals surface area contributed by atoms with Crippen LogP contribution in [0.1, 0.15) is 6.42 Å². The highest BCUT2D eigenvalue weighted by Crippen LogP contribution is 2.21. The zero-order valence-electron chi connectivity index (χ0n) is 8.53. The van der Waals surface area contributed by atoms with Gasteiger partial charge in [0.15, 0.2) is 0 Å². The topological polar surface area (TPSA) is 35.8 Å². The van der Waals surface area contributed by atoms with E-state index in [0.29, 0.717) is 5.02 Å². The zero-order chi connectivity index (χ0) is 11.1. The number of nitrogens with zero attached hydrogens (tertiary/aromatic N) is 1. The standard InChI is InChI=1S/C11H13ClN2S/c1-15-7-6-9(8-13)14-11-5-3-2-4-10(11)12/h2-5,9,14H,6-7H2,1H3. The molecule has 0 spiro atoms. The van der Waals surface area contributed by atoms with Crippen molar-refractivity contribution in [2.75, 3.05) is 17.3 Å². The maximum absolute atomic E-state index is 8.94. The largest absolute Gasteiger partial charge is 0.369 e. The van der Waals surface area contributed by atoms with Gasteiger partial charge < -0.3 is 5.32 Å². The number of rotatable bonds is 5. The van der Waals surface area contributed by atoms with E-state index < -0.39 is 0 Å². The summed E-state index contributed by atoms with van der Waals surface area (Å²) in [6, 6.07) is 9.53. The van der Waals surface area contributed by atoms with Crippen molar-refractivity contribution < 1.29 is 0 Å². The summed E-state index contributed by atoms with van der Waals surface area (Å²) in [7, 11) is 0. The van der Waals surface area contributed by atoms with E-state index in [9.17, 15) is 0 Å². The third-order valence-electron chi connectivity index (χ3n) is 1.97. The second-order valence-corrected chi connectivity index (χ2v) is 4.48.